The molecular weight excluding hydrogens is 360 g/mol. The van der Waals surface area contributed by atoms with Gasteiger partial charge in [-0.15, -0.1) is 0 Å². The number of hydrogen-bond donors (Lipinski definition) is 1. The Kier molecular flexibility index (Phi) is 8.99. The monoisotopic (exact) mass is 392 g/mol. The van der Waals surface area contributed by atoms with Gasteiger partial charge in [0.1, 0.15) is 17.3 Å². The molecule has 2 heterocycles. The van der Waals surface area contributed by atoms with E-state index in [2.05, 4.69) is 53.1 Å². The molecule has 0 unspecified atom stereocenters. The smallest absolute Gasteiger partial charge is 0.128 e. The average molecular weight is 393 g/mol. The number of rotatable bonds is 9. The van der Waals surface area contributed by atoms with E-state index >= 15 is 0 Å². The van der Waals surface area contributed by atoms with E-state index in [4.69, 9.17) is 10.5 Å². The number of pyridine rings is 1. The summed E-state index contributed by atoms with van der Waals surface area (Å²) in [5.41, 5.74) is 7.26. The normalized spacial score (nSPS) is 16.6. The van der Waals surface area contributed by atoms with E-state index < -0.39 is 0 Å². The van der Waals surface area contributed by atoms with Crippen LogP contribution in [0.1, 0.15) is 13.8 Å². The molecule has 0 atom stereocenters. The van der Waals surface area contributed by atoms with Crippen molar-refractivity contribution in [3.05, 3.63) is 96.8 Å². The number of piperazine rings is 1. The van der Waals surface area contributed by atoms with Gasteiger partial charge in [0.05, 0.1) is 0 Å². The van der Waals surface area contributed by atoms with E-state index in [0.717, 1.165) is 38.5 Å². The molecule has 1 saturated heterocycles. The summed E-state index contributed by atoms with van der Waals surface area (Å²) in [6, 6.07) is 6.05. The van der Waals surface area contributed by atoms with Crippen LogP contribution in [0.2, 0.25) is 0 Å². The van der Waals surface area contributed by atoms with E-state index in [1.54, 1.807) is 12.2 Å². The molecule has 1 aliphatic rings. The lowest BCUT2D eigenvalue weighted by Crippen LogP contribution is -2.47. The predicted octanol–water partition coefficient (Wildman–Crippen LogP) is 4.17. The van der Waals surface area contributed by atoms with Crippen LogP contribution >= 0.6 is 0 Å². The number of nitrogens with two attached hydrogens (primary N) is 1. The van der Waals surface area contributed by atoms with Crippen LogP contribution in [0, 0.1) is 0 Å². The molecule has 0 bridgehead atoms. The highest BCUT2D eigenvalue weighted by Gasteiger charge is 2.17. The van der Waals surface area contributed by atoms with Gasteiger partial charge >= 0.3 is 0 Å². The summed E-state index contributed by atoms with van der Waals surface area (Å²) in [6.45, 7) is 16.5. The van der Waals surface area contributed by atoms with Crippen LogP contribution in [0.25, 0.3) is 0 Å². The minimum absolute atomic E-state index is 0.480. The Morgan fingerprint density at radius 1 is 1.07 bits per heavy atom. The van der Waals surface area contributed by atoms with Gasteiger partial charge in [0, 0.05) is 44.6 Å². The summed E-state index contributed by atoms with van der Waals surface area (Å²) in [6.07, 6.45) is 13.3. The third-order valence-electron chi connectivity index (χ3n) is 4.60. The molecule has 29 heavy (non-hydrogen) atoms. The lowest BCUT2D eigenvalue weighted by Gasteiger charge is -2.35. The highest BCUT2D eigenvalue weighted by molar-refractivity contribution is 5.38. The second-order valence-corrected chi connectivity index (χ2v) is 6.82. The van der Waals surface area contributed by atoms with E-state index in [0.29, 0.717) is 17.2 Å². The van der Waals surface area contributed by atoms with Crippen molar-refractivity contribution in [1.29, 1.82) is 0 Å². The molecule has 1 fully saturated rings. The number of aromatic nitrogens is 1. The minimum atomic E-state index is 0.480. The van der Waals surface area contributed by atoms with Crippen LogP contribution in [-0.2, 0) is 4.74 Å². The molecule has 0 aromatic carbocycles. The Hall–Kier alpha value is -3.05. The SMILES string of the molecule is C=C(N)/C=C\C(=C/C)OC(=C)/C=C\C(=C/C)CN1CCN(c2ccccn2)CC1. The van der Waals surface area contributed by atoms with Crippen LogP contribution < -0.4 is 10.6 Å². The summed E-state index contributed by atoms with van der Waals surface area (Å²) >= 11 is 0. The average Bonchev–Trinajstić information content (AvgIpc) is 2.75. The molecule has 0 radical (unpaired) electrons. The van der Waals surface area contributed by atoms with Crippen molar-refractivity contribution in [2.45, 2.75) is 13.8 Å². The summed E-state index contributed by atoms with van der Waals surface area (Å²) in [7, 11) is 0. The van der Waals surface area contributed by atoms with Crippen molar-refractivity contribution in [1.82, 2.24) is 9.88 Å². The van der Waals surface area contributed by atoms with Gasteiger partial charge in [-0.2, -0.15) is 0 Å². The Bertz CT molecular complexity index is 797. The Labute approximate surface area is 174 Å². The zero-order valence-corrected chi connectivity index (χ0v) is 17.6. The molecule has 2 rings (SSSR count). The lowest BCUT2D eigenvalue weighted by molar-refractivity contribution is 0.279. The molecule has 1 aromatic heterocycles. The molecule has 0 aliphatic carbocycles. The fraction of sp³-hybridized carbons (Fsp3) is 0.292. The highest BCUT2D eigenvalue weighted by Crippen LogP contribution is 2.14. The highest BCUT2D eigenvalue weighted by atomic mass is 16.5. The van der Waals surface area contributed by atoms with Gasteiger partial charge < -0.3 is 15.4 Å². The Morgan fingerprint density at radius 2 is 1.83 bits per heavy atom. The van der Waals surface area contributed by atoms with E-state index in [1.807, 2.05) is 37.4 Å². The first-order valence-electron chi connectivity index (χ1n) is 9.89. The van der Waals surface area contributed by atoms with E-state index in [9.17, 15) is 0 Å². The predicted molar refractivity (Wildman–Crippen MR) is 122 cm³/mol. The summed E-state index contributed by atoms with van der Waals surface area (Å²) in [5.74, 6) is 2.31. The van der Waals surface area contributed by atoms with Crippen molar-refractivity contribution in [2.24, 2.45) is 5.73 Å². The van der Waals surface area contributed by atoms with Gasteiger partial charge in [-0.3, -0.25) is 4.90 Å². The van der Waals surface area contributed by atoms with Crippen LogP contribution in [0.4, 0.5) is 5.82 Å². The van der Waals surface area contributed by atoms with Gasteiger partial charge in [0.15, 0.2) is 0 Å². The van der Waals surface area contributed by atoms with Crippen LogP contribution in [-0.4, -0.2) is 42.6 Å². The second kappa shape index (κ2) is 11.7. The van der Waals surface area contributed by atoms with Crippen LogP contribution in [0.3, 0.4) is 0 Å². The van der Waals surface area contributed by atoms with Gasteiger partial charge in [-0.1, -0.05) is 31.4 Å². The first kappa shape index (κ1) is 22.2. The summed E-state index contributed by atoms with van der Waals surface area (Å²) < 4.78 is 5.74. The number of ether oxygens (including phenoxy) is 1. The van der Waals surface area contributed by atoms with Crippen LogP contribution in [0.5, 0.6) is 0 Å². The van der Waals surface area contributed by atoms with Crippen molar-refractivity contribution in [3.63, 3.8) is 0 Å². The molecular formula is C24H32N4O. The summed E-state index contributed by atoms with van der Waals surface area (Å²) in [5, 5.41) is 0. The zero-order chi connectivity index (χ0) is 21.1. The molecule has 1 aromatic rings. The Morgan fingerprint density at radius 3 is 2.41 bits per heavy atom. The van der Waals surface area contributed by atoms with Gasteiger partial charge in [-0.25, -0.2) is 4.98 Å². The van der Waals surface area contributed by atoms with Crippen molar-refractivity contribution >= 4 is 5.82 Å². The third kappa shape index (κ3) is 7.84. The van der Waals surface area contributed by atoms with E-state index in [-0.39, 0.29) is 0 Å². The topological polar surface area (TPSA) is 54.6 Å². The molecule has 5 heteroatoms. The molecule has 0 saturated carbocycles. The summed E-state index contributed by atoms with van der Waals surface area (Å²) in [4.78, 5) is 9.23. The molecule has 2 N–H and O–H groups in total. The largest absolute Gasteiger partial charge is 0.458 e. The maximum Gasteiger partial charge on any atom is 0.128 e. The molecule has 5 nitrogen and oxygen atoms in total. The molecule has 1 aliphatic heterocycles. The van der Waals surface area contributed by atoms with Gasteiger partial charge in [-0.05, 0) is 55.9 Å². The maximum atomic E-state index is 5.74. The number of hydrogen-bond acceptors (Lipinski definition) is 5. The lowest BCUT2D eigenvalue weighted by atomic mass is 10.2. The van der Waals surface area contributed by atoms with Crippen molar-refractivity contribution in [3.8, 4) is 0 Å². The van der Waals surface area contributed by atoms with Crippen molar-refractivity contribution < 1.29 is 4.74 Å². The maximum absolute atomic E-state index is 5.74. The number of allylic oxidation sites excluding steroid dienone is 5. The van der Waals surface area contributed by atoms with Gasteiger partial charge in [0.2, 0.25) is 0 Å². The first-order chi connectivity index (χ1) is 14.0. The zero-order valence-electron chi connectivity index (χ0n) is 17.6. The third-order valence-corrected chi connectivity index (χ3v) is 4.60. The quantitative estimate of drug-likeness (QED) is 0.505. The standard InChI is InChI=1S/C24H32N4O/c1-5-22(12-11-21(4)29-23(6-2)13-10-20(3)25)19-27-15-17-28(18-16-27)24-9-7-8-14-26-24/h5-14H,3-4,15-19,25H2,1-2H3/b12-11-,13-10-,22-5+,23-6+. The Balaban J connectivity index is 1.83. The van der Waals surface area contributed by atoms with E-state index in [1.165, 1.54) is 5.57 Å². The minimum Gasteiger partial charge on any atom is -0.458 e. The number of nitrogens with zero attached hydrogens (tertiary/aromatic N) is 3. The fourth-order valence-electron chi connectivity index (χ4n) is 2.94. The molecule has 0 spiro atoms. The number of anilines is 1. The van der Waals surface area contributed by atoms with Crippen LogP contribution in [0.15, 0.2) is 96.8 Å². The van der Waals surface area contributed by atoms with Gasteiger partial charge in [0.25, 0.3) is 0 Å². The second-order valence-electron chi connectivity index (χ2n) is 6.82. The molecule has 0 amide bonds. The fourth-order valence-corrected chi connectivity index (χ4v) is 2.94. The van der Waals surface area contributed by atoms with Crippen molar-refractivity contribution in [2.75, 3.05) is 37.6 Å². The first-order valence-corrected chi connectivity index (χ1v) is 9.89. The molecule has 154 valence electrons.